The van der Waals surface area contributed by atoms with E-state index in [2.05, 4.69) is 29.1 Å². The van der Waals surface area contributed by atoms with E-state index in [1.54, 1.807) is 17.1 Å². The van der Waals surface area contributed by atoms with Gasteiger partial charge in [-0.1, -0.05) is 70.5 Å². The van der Waals surface area contributed by atoms with Crippen LogP contribution in [0.15, 0.2) is 73.8 Å². The molecule has 3 aliphatic rings. The van der Waals surface area contributed by atoms with Crippen LogP contribution in [0.5, 0.6) is 0 Å². The fraction of sp³-hybridized carbons (Fsp3) is 0.457. The van der Waals surface area contributed by atoms with Crippen molar-refractivity contribution in [3.8, 4) is 0 Å². The van der Waals surface area contributed by atoms with Gasteiger partial charge in [-0.3, -0.25) is 14.4 Å². The quantitative estimate of drug-likeness (QED) is 0.145. The molecule has 2 bridgehead atoms. The summed E-state index contributed by atoms with van der Waals surface area (Å²) in [4.78, 5) is 46.1. The average Bonchev–Trinajstić information content (AvgIpc) is 3.61. The smallest absolute Gasteiger partial charge is 0.312 e. The Kier molecular flexibility index (Phi) is 9.77. The van der Waals surface area contributed by atoms with Gasteiger partial charge < -0.3 is 24.4 Å². The third-order valence-corrected chi connectivity index (χ3v) is 10.0. The molecule has 9 heteroatoms. The number of likely N-dealkylation sites (tertiary alicyclic amines) is 1. The number of hydrogen-bond acceptors (Lipinski definition) is 6. The van der Waals surface area contributed by atoms with Gasteiger partial charge in [0.15, 0.2) is 0 Å². The highest BCUT2D eigenvalue weighted by molar-refractivity contribution is 9.09. The second-order valence-corrected chi connectivity index (χ2v) is 13.2. The maximum absolute atomic E-state index is 15.0. The second kappa shape index (κ2) is 13.4. The summed E-state index contributed by atoms with van der Waals surface area (Å²) in [5.41, 5.74) is 2.23. The summed E-state index contributed by atoms with van der Waals surface area (Å²) >= 11 is 3.72. The van der Waals surface area contributed by atoms with Crippen LogP contribution in [-0.2, 0) is 30.3 Å². The molecule has 0 saturated carbocycles. The number of carbonyl (C=O) groups excluding carboxylic acids is 3. The molecule has 2 aromatic carbocycles. The number of nitrogens with zero attached hydrogens (tertiary/aromatic N) is 2. The van der Waals surface area contributed by atoms with Crippen molar-refractivity contribution in [2.45, 2.75) is 68.1 Å². The molecule has 0 radical (unpaired) electrons. The number of esters is 1. The Morgan fingerprint density at radius 2 is 1.95 bits per heavy atom. The largest absolute Gasteiger partial charge is 0.465 e. The number of anilines is 1. The summed E-state index contributed by atoms with van der Waals surface area (Å²) in [7, 11) is 0. The van der Waals surface area contributed by atoms with Crippen molar-refractivity contribution in [3.05, 3.63) is 90.5 Å². The molecule has 5 rings (SSSR count). The summed E-state index contributed by atoms with van der Waals surface area (Å²) < 4.78 is 12.3. The van der Waals surface area contributed by atoms with E-state index < -0.39 is 41.6 Å². The Labute approximate surface area is 267 Å². The maximum Gasteiger partial charge on any atom is 0.312 e. The van der Waals surface area contributed by atoms with Gasteiger partial charge in [0, 0.05) is 17.1 Å². The highest BCUT2D eigenvalue weighted by Gasteiger charge is 2.77. The van der Waals surface area contributed by atoms with Crippen LogP contribution in [0.1, 0.15) is 36.0 Å². The van der Waals surface area contributed by atoms with Gasteiger partial charge in [0.25, 0.3) is 5.91 Å². The minimum absolute atomic E-state index is 0.202. The number of aryl methyl sites for hydroxylation is 2. The first-order valence-electron chi connectivity index (χ1n) is 15.2. The third-order valence-electron chi connectivity index (χ3n) is 9.18. The van der Waals surface area contributed by atoms with Crippen molar-refractivity contribution < 1.29 is 29.0 Å². The summed E-state index contributed by atoms with van der Waals surface area (Å²) in [5.74, 6) is -3.00. The SMILES string of the molecule is C=CCCCOC(=O)[C@H]1[C@@H]2OC3(CC2Br)C(C(=O)N(CC=C)c2cc(C)ccc2C)N([C@@H](CO)Cc2ccccc2)C(=O)[C@H]13. The molecule has 1 spiro atoms. The molecule has 3 heterocycles. The summed E-state index contributed by atoms with van der Waals surface area (Å²) in [5, 5.41) is 10.7. The number of alkyl halides is 1. The number of aliphatic hydroxyl groups is 1. The van der Waals surface area contributed by atoms with Crippen LogP contribution >= 0.6 is 15.9 Å². The van der Waals surface area contributed by atoms with E-state index >= 15 is 0 Å². The van der Waals surface area contributed by atoms with Crippen LogP contribution < -0.4 is 4.90 Å². The van der Waals surface area contributed by atoms with E-state index in [4.69, 9.17) is 9.47 Å². The minimum atomic E-state index is -1.28. The van der Waals surface area contributed by atoms with E-state index in [1.165, 1.54) is 4.90 Å². The Morgan fingerprint density at radius 3 is 2.64 bits per heavy atom. The number of hydrogen-bond donors (Lipinski definition) is 1. The number of benzene rings is 2. The number of amides is 2. The lowest BCUT2D eigenvalue weighted by Crippen LogP contribution is -2.59. The molecule has 8 nitrogen and oxygen atoms in total. The first-order valence-corrected chi connectivity index (χ1v) is 16.2. The van der Waals surface area contributed by atoms with Crippen molar-refractivity contribution in [2.75, 3.05) is 24.7 Å². The van der Waals surface area contributed by atoms with Gasteiger partial charge in [-0.25, -0.2) is 0 Å². The van der Waals surface area contributed by atoms with Crippen molar-refractivity contribution in [2.24, 2.45) is 11.8 Å². The van der Waals surface area contributed by atoms with E-state index in [0.717, 1.165) is 16.7 Å². The lowest BCUT2D eigenvalue weighted by atomic mass is 9.70. The van der Waals surface area contributed by atoms with Crippen LogP contribution in [-0.4, -0.2) is 76.2 Å². The number of carbonyl (C=O) groups is 3. The molecule has 7 atom stereocenters. The van der Waals surface area contributed by atoms with Crippen LogP contribution in [0.4, 0.5) is 5.69 Å². The van der Waals surface area contributed by atoms with Gasteiger partial charge in [-0.2, -0.15) is 0 Å². The number of ether oxygens (including phenoxy) is 2. The number of allylic oxidation sites excluding steroid dienone is 1. The number of rotatable bonds is 13. The van der Waals surface area contributed by atoms with E-state index in [1.807, 2.05) is 62.4 Å². The van der Waals surface area contributed by atoms with Crippen molar-refractivity contribution in [1.29, 1.82) is 0 Å². The van der Waals surface area contributed by atoms with Crippen LogP contribution in [0.2, 0.25) is 0 Å². The van der Waals surface area contributed by atoms with E-state index in [9.17, 15) is 19.5 Å². The van der Waals surface area contributed by atoms with Crippen molar-refractivity contribution >= 4 is 39.4 Å². The molecule has 44 heavy (non-hydrogen) atoms. The summed E-state index contributed by atoms with van der Waals surface area (Å²) in [6.45, 7) is 11.6. The molecule has 2 amide bonds. The predicted molar refractivity (Wildman–Crippen MR) is 172 cm³/mol. The maximum atomic E-state index is 15.0. The van der Waals surface area contributed by atoms with Gasteiger partial charge >= 0.3 is 5.97 Å². The van der Waals surface area contributed by atoms with E-state index in [0.29, 0.717) is 31.4 Å². The fourth-order valence-corrected chi connectivity index (χ4v) is 8.18. The zero-order valence-electron chi connectivity index (χ0n) is 25.4. The lowest BCUT2D eigenvalue weighted by Gasteiger charge is -2.39. The highest BCUT2D eigenvalue weighted by atomic mass is 79.9. The molecule has 0 aliphatic carbocycles. The molecule has 3 aliphatic heterocycles. The Morgan fingerprint density at radius 1 is 1.20 bits per heavy atom. The number of halogens is 1. The van der Waals surface area contributed by atoms with Gasteiger partial charge in [-0.15, -0.1) is 13.2 Å². The minimum Gasteiger partial charge on any atom is -0.465 e. The first kappa shape index (κ1) is 32.1. The number of unbranched alkanes of at least 4 members (excludes halogenated alkanes) is 1. The average molecular weight is 666 g/mol. The van der Waals surface area contributed by atoms with Gasteiger partial charge in [0.2, 0.25) is 5.91 Å². The lowest BCUT2D eigenvalue weighted by molar-refractivity contribution is -0.155. The summed E-state index contributed by atoms with van der Waals surface area (Å²) in [6.07, 6.45) is 4.82. The normalized spacial score (nSPS) is 27.6. The monoisotopic (exact) mass is 664 g/mol. The molecule has 234 valence electrons. The van der Waals surface area contributed by atoms with Crippen LogP contribution in [0.25, 0.3) is 0 Å². The molecular weight excluding hydrogens is 624 g/mol. The number of fused-ring (bicyclic) bond motifs is 1. The third kappa shape index (κ3) is 5.66. The molecule has 3 saturated heterocycles. The first-order chi connectivity index (χ1) is 21.2. The predicted octanol–water partition coefficient (Wildman–Crippen LogP) is 4.68. The topological polar surface area (TPSA) is 96.4 Å². The summed E-state index contributed by atoms with van der Waals surface area (Å²) in [6, 6.07) is 13.7. The van der Waals surface area contributed by atoms with Crippen molar-refractivity contribution in [1.82, 2.24) is 4.90 Å². The Hall–Kier alpha value is -3.27. The standard InChI is InChI=1S/C35H41BrN2O6/c1-5-7-11-17-43-34(42)28-29-32(40)38(25(21-39)19-24-12-9-8-10-13-24)31(35(29)20-26(36)30(28)44-35)33(41)37(16-6-2)27-18-22(3)14-15-23(27)4/h5-6,8-10,12-15,18,25-26,28-31,39H,1-2,7,11,16-17,19-21H2,3-4H3/t25-,26?,28-,29+,30-,31?,35?/m1/s1. The van der Waals surface area contributed by atoms with Crippen LogP contribution in [0.3, 0.4) is 0 Å². The number of aliphatic hydroxyl groups excluding tert-OH is 1. The zero-order chi connectivity index (χ0) is 31.6. The molecule has 1 N–H and O–H groups in total. The van der Waals surface area contributed by atoms with Gasteiger partial charge in [0.1, 0.15) is 11.6 Å². The van der Waals surface area contributed by atoms with Gasteiger partial charge in [0.05, 0.1) is 37.2 Å². The molecular formula is C35H41BrN2O6. The molecule has 3 fully saturated rings. The Bertz CT molecular complexity index is 1420. The second-order valence-electron chi connectivity index (χ2n) is 12.1. The van der Waals surface area contributed by atoms with E-state index in [-0.39, 0.29) is 36.4 Å². The van der Waals surface area contributed by atoms with Gasteiger partial charge in [-0.05, 0) is 62.3 Å². The van der Waals surface area contributed by atoms with Crippen molar-refractivity contribution in [3.63, 3.8) is 0 Å². The highest BCUT2D eigenvalue weighted by Crippen LogP contribution is 2.61. The Balaban J connectivity index is 1.60. The molecule has 0 aromatic heterocycles. The van der Waals surface area contributed by atoms with Crippen LogP contribution in [0, 0.1) is 25.7 Å². The molecule has 2 aromatic rings. The zero-order valence-corrected chi connectivity index (χ0v) is 26.9. The molecule has 3 unspecified atom stereocenters. The fourth-order valence-electron chi connectivity index (χ4n) is 7.24.